The second-order valence-corrected chi connectivity index (χ2v) is 6.42. The number of aromatic nitrogens is 1. The Labute approximate surface area is 160 Å². The number of pyridine rings is 1. The molecule has 27 heavy (non-hydrogen) atoms. The monoisotopic (exact) mass is 370 g/mol. The van der Waals surface area contributed by atoms with Crippen molar-refractivity contribution in [3.05, 3.63) is 47.7 Å². The molecule has 144 valence electrons. The summed E-state index contributed by atoms with van der Waals surface area (Å²) in [7, 11) is 0. The van der Waals surface area contributed by atoms with E-state index in [1.165, 1.54) is 0 Å². The number of rotatable bonds is 7. The molecule has 1 aromatic carbocycles. The lowest BCUT2D eigenvalue weighted by atomic mass is 10.1. The number of nitrogens with zero attached hydrogens (tertiary/aromatic N) is 2. The zero-order valence-electron chi connectivity index (χ0n) is 16.1. The van der Waals surface area contributed by atoms with E-state index in [4.69, 9.17) is 14.2 Å². The van der Waals surface area contributed by atoms with Crippen molar-refractivity contribution in [2.45, 2.75) is 33.3 Å². The number of carbonyl (C=O) groups excluding carboxylic acids is 1. The first-order chi connectivity index (χ1) is 13.1. The average Bonchev–Trinajstić information content (AvgIpc) is 3.11. The van der Waals surface area contributed by atoms with E-state index >= 15 is 0 Å². The molecule has 1 fully saturated rings. The van der Waals surface area contributed by atoms with Gasteiger partial charge in [0.2, 0.25) is 5.88 Å². The predicted octanol–water partition coefficient (Wildman–Crippen LogP) is 3.48. The van der Waals surface area contributed by atoms with E-state index in [0.29, 0.717) is 49.2 Å². The molecule has 0 radical (unpaired) electrons. The molecule has 1 atom stereocenters. The third kappa shape index (κ3) is 4.70. The summed E-state index contributed by atoms with van der Waals surface area (Å²) in [4.78, 5) is 19.1. The Balaban J connectivity index is 1.66. The van der Waals surface area contributed by atoms with Crippen LogP contribution >= 0.6 is 0 Å². The molecule has 1 aliphatic heterocycles. The lowest BCUT2D eigenvalue weighted by Crippen LogP contribution is -2.31. The molecule has 3 rings (SSSR count). The van der Waals surface area contributed by atoms with Gasteiger partial charge in [-0.3, -0.25) is 4.79 Å². The maximum atomic E-state index is 12.9. The average molecular weight is 370 g/mol. The molecule has 6 heteroatoms. The number of likely N-dealkylation sites (tertiary alicyclic amines) is 1. The lowest BCUT2D eigenvalue weighted by Gasteiger charge is -2.18. The van der Waals surface area contributed by atoms with Crippen molar-refractivity contribution in [3.63, 3.8) is 0 Å². The van der Waals surface area contributed by atoms with E-state index in [-0.39, 0.29) is 12.0 Å². The number of benzene rings is 1. The van der Waals surface area contributed by atoms with Crippen molar-refractivity contribution in [1.82, 2.24) is 9.88 Å². The van der Waals surface area contributed by atoms with Crippen LogP contribution in [0.5, 0.6) is 17.4 Å². The van der Waals surface area contributed by atoms with Gasteiger partial charge in [0, 0.05) is 30.3 Å². The summed E-state index contributed by atoms with van der Waals surface area (Å²) in [5.41, 5.74) is 1.51. The molecule has 0 bridgehead atoms. The fraction of sp³-hybridized carbons (Fsp3) is 0.429. The molecule has 1 saturated heterocycles. The summed E-state index contributed by atoms with van der Waals surface area (Å²) < 4.78 is 17.1. The molecule has 0 N–H and O–H groups in total. The molecule has 0 saturated carbocycles. The summed E-state index contributed by atoms with van der Waals surface area (Å²) in [6.07, 6.45) is 0.744. The molecular formula is C21H26N2O4. The summed E-state index contributed by atoms with van der Waals surface area (Å²) in [6.45, 7) is 8.03. The molecule has 2 aromatic rings. The first kappa shape index (κ1) is 19.0. The number of aryl methyl sites for hydroxylation is 1. The molecule has 1 aromatic heterocycles. The smallest absolute Gasteiger partial charge is 0.254 e. The normalized spacial score (nSPS) is 16.3. The summed E-state index contributed by atoms with van der Waals surface area (Å²) in [5.74, 6) is 1.83. The largest absolute Gasteiger partial charge is 0.490 e. The molecule has 0 aliphatic carbocycles. The molecule has 6 nitrogen and oxygen atoms in total. The molecule has 0 spiro atoms. The van der Waals surface area contributed by atoms with Crippen LogP contribution in [0.3, 0.4) is 0 Å². The number of ether oxygens (including phenoxy) is 3. The fourth-order valence-electron chi connectivity index (χ4n) is 3.13. The van der Waals surface area contributed by atoms with Crippen molar-refractivity contribution in [2.75, 3.05) is 26.3 Å². The van der Waals surface area contributed by atoms with Crippen molar-refractivity contribution in [3.8, 4) is 17.4 Å². The maximum Gasteiger partial charge on any atom is 0.254 e. The summed E-state index contributed by atoms with van der Waals surface area (Å²) in [6, 6.07) is 11.0. The van der Waals surface area contributed by atoms with Crippen LogP contribution in [-0.4, -0.2) is 48.2 Å². The standard InChI is InChI=1S/C21H26N2O4/c1-4-25-18-10-9-16(13-19(18)26-5-2)21(24)23-12-11-17(14-23)27-20-8-6-7-15(3)22-20/h6-10,13,17H,4-5,11-12,14H2,1-3H3. The zero-order valence-corrected chi connectivity index (χ0v) is 16.1. The predicted molar refractivity (Wildman–Crippen MR) is 103 cm³/mol. The number of carbonyl (C=O) groups is 1. The van der Waals surface area contributed by atoms with Crippen LogP contribution in [0.1, 0.15) is 36.3 Å². The molecule has 2 heterocycles. The number of amides is 1. The van der Waals surface area contributed by atoms with Crippen molar-refractivity contribution in [1.29, 1.82) is 0 Å². The number of hydrogen-bond acceptors (Lipinski definition) is 5. The topological polar surface area (TPSA) is 60.9 Å². The van der Waals surface area contributed by atoms with Gasteiger partial charge in [0.15, 0.2) is 11.5 Å². The Morgan fingerprint density at radius 3 is 2.67 bits per heavy atom. The minimum absolute atomic E-state index is 0.0256. The molecule has 1 amide bonds. The minimum atomic E-state index is -0.0442. The van der Waals surface area contributed by atoms with Crippen molar-refractivity contribution >= 4 is 5.91 Å². The van der Waals surface area contributed by atoms with Crippen LogP contribution in [0.4, 0.5) is 0 Å². The zero-order chi connectivity index (χ0) is 19.2. The Kier molecular flexibility index (Phi) is 6.16. The second-order valence-electron chi connectivity index (χ2n) is 6.42. The SMILES string of the molecule is CCOc1ccc(C(=O)N2CCC(Oc3cccc(C)n3)C2)cc1OCC. The van der Waals surface area contributed by atoms with Crippen LogP contribution < -0.4 is 14.2 Å². The van der Waals surface area contributed by atoms with E-state index in [2.05, 4.69) is 4.98 Å². The highest BCUT2D eigenvalue weighted by Crippen LogP contribution is 2.29. The maximum absolute atomic E-state index is 12.9. The van der Waals surface area contributed by atoms with E-state index in [1.54, 1.807) is 18.2 Å². The van der Waals surface area contributed by atoms with Crippen LogP contribution in [0.2, 0.25) is 0 Å². The Morgan fingerprint density at radius 1 is 1.15 bits per heavy atom. The van der Waals surface area contributed by atoms with Crippen LogP contribution in [0.25, 0.3) is 0 Å². The third-order valence-corrected chi connectivity index (χ3v) is 4.37. The van der Waals surface area contributed by atoms with Gasteiger partial charge in [-0.2, -0.15) is 0 Å². The fourth-order valence-corrected chi connectivity index (χ4v) is 3.13. The van der Waals surface area contributed by atoms with E-state index < -0.39 is 0 Å². The van der Waals surface area contributed by atoms with Crippen LogP contribution in [0.15, 0.2) is 36.4 Å². The van der Waals surface area contributed by atoms with Gasteiger partial charge < -0.3 is 19.1 Å². The quantitative estimate of drug-likeness (QED) is 0.747. The van der Waals surface area contributed by atoms with Gasteiger partial charge in [0.05, 0.1) is 19.8 Å². The summed E-state index contributed by atoms with van der Waals surface area (Å²) in [5, 5.41) is 0. The highest BCUT2D eigenvalue weighted by atomic mass is 16.5. The molecule has 1 aliphatic rings. The van der Waals surface area contributed by atoms with E-state index in [0.717, 1.165) is 12.1 Å². The van der Waals surface area contributed by atoms with Gasteiger partial charge in [-0.05, 0) is 45.0 Å². The summed E-state index contributed by atoms with van der Waals surface area (Å²) >= 11 is 0. The van der Waals surface area contributed by atoms with Crippen molar-refractivity contribution < 1.29 is 19.0 Å². The first-order valence-electron chi connectivity index (χ1n) is 9.40. The Hall–Kier alpha value is -2.76. The van der Waals surface area contributed by atoms with E-state index in [1.807, 2.05) is 43.9 Å². The van der Waals surface area contributed by atoms with Gasteiger partial charge >= 0.3 is 0 Å². The molecule has 1 unspecified atom stereocenters. The van der Waals surface area contributed by atoms with Gasteiger partial charge in [0.1, 0.15) is 6.10 Å². The minimum Gasteiger partial charge on any atom is -0.490 e. The second kappa shape index (κ2) is 8.75. The lowest BCUT2D eigenvalue weighted by molar-refractivity contribution is 0.0770. The highest BCUT2D eigenvalue weighted by molar-refractivity contribution is 5.95. The third-order valence-electron chi connectivity index (χ3n) is 4.37. The van der Waals surface area contributed by atoms with E-state index in [9.17, 15) is 4.79 Å². The van der Waals surface area contributed by atoms with Gasteiger partial charge in [-0.1, -0.05) is 6.07 Å². The van der Waals surface area contributed by atoms with Gasteiger partial charge in [-0.25, -0.2) is 4.98 Å². The Bertz CT molecular complexity index is 794. The van der Waals surface area contributed by atoms with Gasteiger partial charge in [-0.15, -0.1) is 0 Å². The Morgan fingerprint density at radius 2 is 1.93 bits per heavy atom. The van der Waals surface area contributed by atoms with Crippen molar-refractivity contribution in [2.24, 2.45) is 0 Å². The molecular weight excluding hydrogens is 344 g/mol. The number of hydrogen-bond donors (Lipinski definition) is 0. The van der Waals surface area contributed by atoms with Crippen LogP contribution in [-0.2, 0) is 0 Å². The van der Waals surface area contributed by atoms with Gasteiger partial charge in [0.25, 0.3) is 5.91 Å². The highest BCUT2D eigenvalue weighted by Gasteiger charge is 2.29. The first-order valence-corrected chi connectivity index (χ1v) is 9.40. The van der Waals surface area contributed by atoms with Crippen LogP contribution in [0, 0.1) is 6.92 Å².